The summed E-state index contributed by atoms with van der Waals surface area (Å²) in [6.07, 6.45) is 0.637. The second kappa shape index (κ2) is 7.45. The van der Waals surface area contributed by atoms with Gasteiger partial charge in [0.05, 0.1) is 18.2 Å². The number of nitrogens with one attached hydrogen (secondary N) is 2. The summed E-state index contributed by atoms with van der Waals surface area (Å²) in [5, 5.41) is 6.53. The maximum absolute atomic E-state index is 11.9. The Kier molecular flexibility index (Phi) is 6.47. The van der Waals surface area contributed by atoms with Gasteiger partial charge in [-0.05, 0) is 47.0 Å². The molecule has 0 radical (unpaired) electrons. The summed E-state index contributed by atoms with van der Waals surface area (Å²) in [6, 6.07) is 0.591. The quantitative estimate of drug-likeness (QED) is 0.792. The summed E-state index contributed by atoms with van der Waals surface area (Å²) in [7, 11) is 0. The molecule has 1 amide bonds. The van der Waals surface area contributed by atoms with E-state index in [1.807, 2.05) is 27.7 Å². The molecule has 0 heterocycles. The van der Waals surface area contributed by atoms with Gasteiger partial charge in [0.15, 0.2) is 0 Å². The van der Waals surface area contributed by atoms with Crippen LogP contribution < -0.4 is 10.6 Å². The van der Waals surface area contributed by atoms with E-state index in [1.165, 1.54) is 0 Å². The minimum absolute atomic E-state index is 0.0672. The summed E-state index contributed by atoms with van der Waals surface area (Å²) < 4.78 is 11.1. The first-order valence-electron chi connectivity index (χ1n) is 8.01. The summed E-state index contributed by atoms with van der Waals surface area (Å²) >= 11 is 0. The largest absolute Gasteiger partial charge is 0.444 e. The Morgan fingerprint density at radius 1 is 1.29 bits per heavy atom. The number of amides is 1. The second-order valence-electron chi connectivity index (χ2n) is 7.21. The van der Waals surface area contributed by atoms with E-state index < -0.39 is 5.60 Å². The van der Waals surface area contributed by atoms with Crippen LogP contribution in [-0.4, -0.2) is 42.5 Å². The number of alkyl carbamates (subject to hydrolysis) is 1. The molecule has 0 aromatic rings. The van der Waals surface area contributed by atoms with Crippen LogP contribution in [0.4, 0.5) is 4.79 Å². The van der Waals surface area contributed by atoms with Crippen LogP contribution in [0.25, 0.3) is 0 Å². The second-order valence-corrected chi connectivity index (χ2v) is 7.21. The third-order valence-corrected chi connectivity index (χ3v) is 3.86. The van der Waals surface area contributed by atoms with Gasteiger partial charge in [0.25, 0.3) is 0 Å². The molecule has 0 aromatic heterocycles. The van der Waals surface area contributed by atoms with Crippen LogP contribution in [0.5, 0.6) is 0 Å². The smallest absolute Gasteiger partial charge is 0.407 e. The number of carbonyl (C=O) groups is 1. The van der Waals surface area contributed by atoms with E-state index in [0.717, 1.165) is 6.42 Å². The van der Waals surface area contributed by atoms with Gasteiger partial charge in [0.2, 0.25) is 0 Å². The first kappa shape index (κ1) is 18.2. The molecular weight excluding hydrogens is 268 g/mol. The van der Waals surface area contributed by atoms with Crippen LogP contribution >= 0.6 is 0 Å². The molecule has 0 saturated heterocycles. The molecule has 124 valence electrons. The van der Waals surface area contributed by atoms with Crippen LogP contribution in [0.3, 0.4) is 0 Å². The monoisotopic (exact) mass is 300 g/mol. The van der Waals surface area contributed by atoms with E-state index in [0.29, 0.717) is 18.6 Å². The van der Waals surface area contributed by atoms with Gasteiger partial charge in [0, 0.05) is 12.6 Å². The summed E-state index contributed by atoms with van der Waals surface area (Å²) in [5.41, 5.74) is -0.471. The number of ether oxygens (including phenoxy) is 2. The normalized spacial score (nSPS) is 27.1. The molecule has 5 nitrogen and oxygen atoms in total. The third-order valence-electron chi connectivity index (χ3n) is 3.86. The number of hydrogen-bond donors (Lipinski definition) is 2. The van der Waals surface area contributed by atoms with E-state index >= 15 is 0 Å². The first-order valence-corrected chi connectivity index (χ1v) is 8.01. The van der Waals surface area contributed by atoms with Crippen molar-refractivity contribution >= 4 is 6.09 Å². The fraction of sp³-hybridized carbons (Fsp3) is 0.938. The zero-order valence-electron chi connectivity index (χ0n) is 14.5. The van der Waals surface area contributed by atoms with Gasteiger partial charge in [0.1, 0.15) is 5.60 Å². The van der Waals surface area contributed by atoms with Crippen LogP contribution in [0.2, 0.25) is 0 Å². The third kappa shape index (κ3) is 5.83. The highest BCUT2D eigenvalue weighted by atomic mass is 16.6. The van der Waals surface area contributed by atoms with Crippen molar-refractivity contribution in [3.63, 3.8) is 0 Å². The van der Waals surface area contributed by atoms with Crippen molar-refractivity contribution in [3.8, 4) is 0 Å². The molecule has 4 unspecified atom stereocenters. The highest BCUT2D eigenvalue weighted by Gasteiger charge is 2.43. The standard InChI is InChI=1S/C16H32N2O3/c1-8-20-13-9-12(14(13)17-11(4)10(2)3)18-15(19)21-16(5,6)7/h10-14,17H,8-9H2,1-7H3,(H,18,19). The van der Waals surface area contributed by atoms with Crippen LogP contribution in [0.15, 0.2) is 0 Å². The molecule has 1 aliphatic rings. The lowest BCUT2D eigenvalue weighted by Crippen LogP contribution is -2.67. The van der Waals surface area contributed by atoms with Gasteiger partial charge < -0.3 is 20.1 Å². The lowest BCUT2D eigenvalue weighted by atomic mass is 9.81. The molecule has 1 fully saturated rings. The Bertz CT molecular complexity index is 339. The minimum atomic E-state index is -0.471. The SMILES string of the molecule is CCOC1CC(NC(=O)OC(C)(C)C)C1NC(C)C(C)C. The number of rotatable bonds is 6. The van der Waals surface area contributed by atoms with Crippen molar-refractivity contribution in [2.75, 3.05) is 6.61 Å². The highest BCUT2D eigenvalue weighted by molar-refractivity contribution is 5.68. The van der Waals surface area contributed by atoms with Gasteiger partial charge in [-0.1, -0.05) is 13.8 Å². The van der Waals surface area contributed by atoms with E-state index in [4.69, 9.17) is 9.47 Å². The molecule has 4 atom stereocenters. The summed E-state index contributed by atoms with van der Waals surface area (Å²) in [5.74, 6) is 0.537. The number of carbonyl (C=O) groups excluding carboxylic acids is 1. The van der Waals surface area contributed by atoms with Gasteiger partial charge in [-0.25, -0.2) is 4.79 Å². The Labute approximate surface area is 129 Å². The Hall–Kier alpha value is -0.810. The van der Waals surface area contributed by atoms with E-state index in [9.17, 15) is 4.79 Å². The zero-order chi connectivity index (χ0) is 16.2. The van der Waals surface area contributed by atoms with Crippen LogP contribution in [0.1, 0.15) is 54.9 Å². The van der Waals surface area contributed by atoms with E-state index in [1.54, 1.807) is 0 Å². The maximum atomic E-state index is 11.9. The molecule has 2 N–H and O–H groups in total. The molecule has 0 spiro atoms. The average Bonchev–Trinajstić information content (AvgIpc) is 2.32. The molecule has 0 aliphatic heterocycles. The van der Waals surface area contributed by atoms with E-state index in [2.05, 4.69) is 31.4 Å². The van der Waals surface area contributed by atoms with Crippen LogP contribution in [0, 0.1) is 5.92 Å². The van der Waals surface area contributed by atoms with Gasteiger partial charge in [-0.2, -0.15) is 0 Å². The minimum Gasteiger partial charge on any atom is -0.444 e. The molecule has 1 aliphatic carbocycles. The first-order chi connectivity index (χ1) is 9.64. The maximum Gasteiger partial charge on any atom is 0.407 e. The van der Waals surface area contributed by atoms with Crippen LogP contribution in [-0.2, 0) is 9.47 Å². The Morgan fingerprint density at radius 2 is 1.90 bits per heavy atom. The lowest BCUT2D eigenvalue weighted by Gasteiger charge is -2.46. The molecule has 21 heavy (non-hydrogen) atoms. The van der Waals surface area contributed by atoms with Crippen molar-refractivity contribution in [2.24, 2.45) is 5.92 Å². The highest BCUT2D eigenvalue weighted by Crippen LogP contribution is 2.26. The Morgan fingerprint density at radius 3 is 2.38 bits per heavy atom. The number of hydrogen-bond acceptors (Lipinski definition) is 4. The van der Waals surface area contributed by atoms with E-state index in [-0.39, 0.29) is 24.3 Å². The summed E-state index contributed by atoms with van der Waals surface area (Å²) in [6.45, 7) is 14.8. The lowest BCUT2D eigenvalue weighted by molar-refractivity contribution is -0.0474. The van der Waals surface area contributed by atoms with Gasteiger partial charge in [-0.15, -0.1) is 0 Å². The molecule has 0 bridgehead atoms. The molecule has 0 aromatic carbocycles. The molecule has 1 rings (SSSR count). The van der Waals surface area contributed by atoms with Gasteiger partial charge in [-0.3, -0.25) is 0 Å². The Balaban J connectivity index is 2.54. The van der Waals surface area contributed by atoms with Gasteiger partial charge >= 0.3 is 6.09 Å². The van der Waals surface area contributed by atoms with Crippen molar-refractivity contribution in [3.05, 3.63) is 0 Å². The fourth-order valence-corrected chi connectivity index (χ4v) is 2.32. The van der Waals surface area contributed by atoms with Crippen molar-refractivity contribution in [2.45, 2.75) is 84.7 Å². The van der Waals surface area contributed by atoms with Crippen molar-refractivity contribution < 1.29 is 14.3 Å². The zero-order valence-corrected chi connectivity index (χ0v) is 14.5. The molecule has 1 saturated carbocycles. The fourth-order valence-electron chi connectivity index (χ4n) is 2.32. The van der Waals surface area contributed by atoms with Crippen molar-refractivity contribution in [1.82, 2.24) is 10.6 Å². The average molecular weight is 300 g/mol. The predicted molar refractivity (Wildman–Crippen MR) is 84.4 cm³/mol. The topological polar surface area (TPSA) is 59.6 Å². The van der Waals surface area contributed by atoms with Crippen molar-refractivity contribution in [1.29, 1.82) is 0 Å². The molecular formula is C16H32N2O3. The predicted octanol–water partition coefficient (Wildman–Crippen LogP) is 2.69. The summed E-state index contributed by atoms with van der Waals surface area (Å²) in [4.78, 5) is 11.9. The molecule has 5 heteroatoms.